The van der Waals surface area contributed by atoms with Crippen molar-refractivity contribution in [3.8, 4) is 0 Å². The van der Waals surface area contributed by atoms with Crippen LogP contribution in [-0.2, 0) is 32.6 Å². The lowest BCUT2D eigenvalue weighted by atomic mass is 10.0. The first kappa shape index (κ1) is 27.9. The fraction of sp³-hybridized carbons (Fsp3) is 0.310. The van der Waals surface area contributed by atoms with E-state index in [9.17, 15) is 18.0 Å². The minimum Gasteiger partial charge on any atom is -0.354 e. The molecule has 2 amide bonds. The molecule has 0 unspecified atom stereocenters. The van der Waals surface area contributed by atoms with Gasteiger partial charge < -0.3 is 10.2 Å². The monoisotopic (exact) mass is 521 g/mol. The van der Waals surface area contributed by atoms with Gasteiger partial charge in [-0.2, -0.15) is 0 Å². The molecule has 8 heteroatoms. The standard InChI is InChI=1S/C29H35N3O4S/c1-4-18-30-29(34)27(20-24-13-7-5-8-14-24)31(21-25-15-11-12-23(2)19-25)28(33)22-32(37(3,35)36)26-16-9-6-10-17-26/h5-17,19,27H,4,18,20-22H2,1-3H3,(H,30,34)/t27-/m1/s1. The van der Waals surface area contributed by atoms with E-state index in [1.165, 1.54) is 4.90 Å². The molecule has 0 aliphatic carbocycles. The quantitative estimate of drug-likeness (QED) is 0.391. The van der Waals surface area contributed by atoms with Gasteiger partial charge in [-0.1, -0.05) is 85.3 Å². The van der Waals surface area contributed by atoms with Crippen molar-refractivity contribution < 1.29 is 18.0 Å². The Hall–Kier alpha value is -3.65. The van der Waals surface area contributed by atoms with Crippen LogP contribution in [0.25, 0.3) is 0 Å². The first-order valence-electron chi connectivity index (χ1n) is 12.4. The van der Waals surface area contributed by atoms with Gasteiger partial charge in [0.2, 0.25) is 21.8 Å². The Morgan fingerprint density at radius 3 is 2.11 bits per heavy atom. The van der Waals surface area contributed by atoms with Crippen molar-refractivity contribution in [1.29, 1.82) is 0 Å². The summed E-state index contributed by atoms with van der Waals surface area (Å²) in [5.74, 6) is -0.722. The molecule has 0 heterocycles. The molecule has 0 spiro atoms. The molecule has 0 saturated carbocycles. The highest BCUT2D eigenvalue weighted by Gasteiger charge is 2.32. The van der Waals surface area contributed by atoms with Crippen LogP contribution in [0.1, 0.15) is 30.0 Å². The summed E-state index contributed by atoms with van der Waals surface area (Å²) in [6.07, 6.45) is 2.14. The SMILES string of the molecule is CCCNC(=O)[C@@H](Cc1ccccc1)N(Cc1cccc(C)c1)C(=O)CN(c1ccccc1)S(C)(=O)=O. The highest BCUT2D eigenvalue weighted by Crippen LogP contribution is 2.20. The summed E-state index contributed by atoms with van der Waals surface area (Å²) in [4.78, 5) is 28.8. The maximum atomic E-state index is 13.9. The Labute approximate surface area is 220 Å². The molecule has 3 aromatic carbocycles. The number of aryl methyl sites for hydroxylation is 1. The van der Waals surface area contributed by atoms with E-state index in [2.05, 4.69) is 5.32 Å². The van der Waals surface area contributed by atoms with Gasteiger partial charge in [0, 0.05) is 19.5 Å². The topological polar surface area (TPSA) is 86.8 Å². The molecular formula is C29H35N3O4S. The Kier molecular flexibility index (Phi) is 9.85. The van der Waals surface area contributed by atoms with Crippen LogP contribution in [0.2, 0.25) is 0 Å². The van der Waals surface area contributed by atoms with Crippen LogP contribution in [0.4, 0.5) is 5.69 Å². The van der Waals surface area contributed by atoms with Gasteiger partial charge in [0.25, 0.3) is 0 Å². The average Bonchev–Trinajstić information content (AvgIpc) is 2.88. The summed E-state index contributed by atoms with van der Waals surface area (Å²) in [5, 5.41) is 2.94. The third-order valence-corrected chi connectivity index (χ3v) is 7.12. The van der Waals surface area contributed by atoms with Gasteiger partial charge in [0.05, 0.1) is 11.9 Å². The molecule has 1 N–H and O–H groups in total. The first-order valence-corrected chi connectivity index (χ1v) is 14.2. The fourth-order valence-electron chi connectivity index (χ4n) is 4.14. The van der Waals surface area contributed by atoms with Crippen molar-refractivity contribution in [3.05, 3.63) is 102 Å². The molecule has 0 bridgehead atoms. The minimum atomic E-state index is -3.76. The zero-order valence-electron chi connectivity index (χ0n) is 21.6. The largest absolute Gasteiger partial charge is 0.354 e. The van der Waals surface area contributed by atoms with E-state index in [1.54, 1.807) is 30.3 Å². The molecule has 1 atom stereocenters. The highest BCUT2D eigenvalue weighted by molar-refractivity contribution is 7.92. The van der Waals surface area contributed by atoms with Gasteiger partial charge >= 0.3 is 0 Å². The second-order valence-electron chi connectivity index (χ2n) is 9.11. The number of anilines is 1. The van der Waals surface area contributed by atoms with Crippen LogP contribution in [0, 0.1) is 6.92 Å². The number of carbonyl (C=O) groups excluding carboxylic acids is 2. The number of hydrogen-bond acceptors (Lipinski definition) is 4. The second-order valence-corrected chi connectivity index (χ2v) is 11.0. The number of rotatable bonds is 12. The number of amides is 2. The molecule has 3 rings (SSSR count). The van der Waals surface area contributed by atoms with Crippen LogP contribution in [0.15, 0.2) is 84.9 Å². The van der Waals surface area contributed by atoms with Crippen molar-refractivity contribution in [1.82, 2.24) is 10.2 Å². The maximum Gasteiger partial charge on any atom is 0.244 e. The van der Waals surface area contributed by atoms with E-state index >= 15 is 0 Å². The van der Waals surface area contributed by atoms with Gasteiger partial charge in [0.15, 0.2) is 0 Å². The molecule has 196 valence electrons. The number of nitrogens with zero attached hydrogens (tertiary/aromatic N) is 2. The van der Waals surface area contributed by atoms with Crippen molar-refractivity contribution in [2.75, 3.05) is 23.7 Å². The van der Waals surface area contributed by atoms with Gasteiger partial charge in [0.1, 0.15) is 12.6 Å². The number of para-hydroxylation sites is 1. The normalized spacial score (nSPS) is 12.0. The molecule has 3 aromatic rings. The summed E-state index contributed by atoms with van der Waals surface area (Å²) in [5.41, 5.74) is 3.19. The molecule has 0 aliphatic heterocycles. The smallest absolute Gasteiger partial charge is 0.244 e. The van der Waals surface area contributed by atoms with Crippen molar-refractivity contribution in [3.63, 3.8) is 0 Å². The van der Waals surface area contributed by atoms with Gasteiger partial charge in [-0.15, -0.1) is 0 Å². The summed E-state index contributed by atoms with van der Waals surface area (Å²) in [7, 11) is -3.76. The van der Waals surface area contributed by atoms with Crippen LogP contribution in [0.5, 0.6) is 0 Å². The van der Waals surface area contributed by atoms with Crippen LogP contribution >= 0.6 is 0 Å². The number of nitrogens with one attached hydrogen (secondary N) is 1. The Morgan fingerprint density at radius 2 is 1.51 bits per heavy atom. The molecular weight excluding hydrogens is 486 g/mol. The molecule has 0 aliphatic rings. The predicted molar refractivity (Wildman–Crippen MR) is 148 cm³/mol. The summed E-state index contributed by atoms with van der Waals surface area (Å²) < 4.78 is 26.5. The van der Waals surface area contributed by atoms with Crippen molar-refractivity contribution in [2.24, 2.45) is 0 Å². The molecule has 0 aromatic heterocycles. The Morgan fingerprint density at radius 1 is 0.892 bits per heavy atom. The van der Waals surface area contributed by atoms with Gasteiger partial charge in [-0.3, -0.25) is 13.9 Å². The molecule has 0 fully saturated rings. The lowest BCUT2D eigenvalue weighted by Crippen LogP contribution is -2.53. The summed E-state index contributed by atoms with van der Waals surface area (Å²) >= 11 is 0. The number of carbonyl (C=O) groups is 2. The first-order chi connectivity index (χ1) is 17.7. The third kappa shape index (κ3) is 8.18. The van der Waals surface area contributed by atoms with E-state index in [0.717, 1.165) is 33.7 Å². The molecule has 37 heavy (non-hydrogen) atoms. The van der Waals surface area contributed by atoms with Crippen LogP contribution < -0.4 is 9.62 Å². The predicted octanol–water partition coefficient (Wildman–Crippen LogP) is 3.93. The van der Waals surface area contributed by atoms with E-state index in [1.807, 2.05) is 68.4 Å². The molecule has 7 nitrogen and oxygen atoms in total. The van der Waals surface area contributed by atoms with E-state index in [0.29, 0.717) is 18.7 Å². The number of benzene rings is 3. The van der Waals surface area contributed by atoms with Crippen LogP contribution in [0.3, 0.4) is 0 Å². The zero-order chi connectivity index (χ0) is 26.8. The maximum absolute atomic E-state index is 13.9. The minimum absolute atomic E-state index is 0.171. The lowest BCUT2D eigenvalue weighted by Gasteiger charge is -2.33. The average molecular weight is 522 g/mol. The summed E-state index contributed by atoms with van der Waals surface area (Å²) in [6, 6.07) is 25.0. The van der Waals surface area contributed by atoms with E-state index < -0.39 is 28.5 Å². The molecule has 0 radical (unpaired) electrons. The Bertz CT molecular complexity index is 1280. The summed E-state index contributed by atoms with van der Waals surface area (Å²) in [6.45, 7) is 4.17. The van der Waals surface area contributed by atoms with Gasteiger partial charge in [-0.25, -0.2) is 8.42 Å². The third-order valence-electron chi connectivity index (χ3n) is 5.98. The van der Waals surface area contributed by atoms with Crippen molar-refractivity contribution in [2.45, 2.75) is 39.3 Å². The zero-order valence-corrected chi connectivity index (χ0v) is 22.4. The number of sulfonamides is 1. The fourth-order valence-corrected chi connectivity index (χ4v) is 4.98. The Balaban J connectivity index is 2.02. The van der Waals surface area contributed by atoms with Crippen molar-refractivity contribution >= 4 is 27.5 Å². The molecule has 0 saturated heterocycles. The van der Waals surface area contributed by atoms with Gasteiger partial charge in [-0.05, 0) is 36.6 Å². The second kappa shape index (κ2) is 13.1. The van der Waals surface area contributed by atoms with E-state index in [4.69, 9.17) is 0 Å². The van der Waals surface area contributed by atoms with E-state index in [-0.39, 0.29) is 12.5 Å². The lowest BCUT2D eigenvalue weighted by molar-refractivity contribution is -0.140. The highest BCUT2D eigenvalue weighted by atomic mass is 32.2. The number of hydrogen-bond donors (Lipinski definition) is 1. The van der Waals surface area contributed by atoms with Crippen LogP contribution in [-0.4, -0.2) is 50.5 Å².